The van der Waals surface area contributed by atoms with E-state index in [1.165, 1.54) is 0 Å². The molecule has 2 aromatic carbocycles. The fraction of sp³-hybridized carbons (Fsp3) is 0.273. The number of benzene rings is 2. The number of methoxy groups -OCH3 is 2. The van der Waals surface area contributed by atoms with Crippen LogP contribution >= 0.6 is 23.2 Å². The van der Waals surface area contributed by atoms with Crippen LogP contribution in [0.15, 0.2) is 36.7 Å². The van der Waals surface area contributed by atoms with E-state index in [1.807, 2.05) is 30.3 Å². The first-order valence-corrected chi connectivity index (χ1v) is 10.7. The number of hydrogen-bond acceptors (Lipinski definition) is 6. The summed E-state index contributed by atoms with van der Waals surface area (Å²) >= 11 is 12.3. The summed E-state index contributed by atoms with van der Waals surface area (Å²) in [5.74, 6) is 2.24. The molecule has 0 unspecified atom stereocenters. The highest BCUT2D eigenvalue weighted by atomic mass is 35.5. The first-order valence-electron chi connectivity index (χ1n) is 9.92. The van der Waals surface area contributed by atoms with E-state index >= 15 is 0 Å². The van der Waals surface area contributed by atoms with Gasteiger partial charge >= 0.3 is 0 Å². The molecule has 1 fully saturated rings. The lowest BCUT2D eigenvalue weighted by molar-refractivity contribution is 0.356. The maximum absolute atomic E-state index is 6.20. The highest BCUT2D eigenvalue weighted by Gasteiger charge is 2.22. The number of aromatic amines is 1. The van der Waals surface area contributed by atoms with Crippen LogP contribution in [0.4, 0.5) is 11.5 Å². The van der Waals surface area contributed by atoms with Gasteiger partial charge in [0.05, 0.1) is 29.8 Å². The molecule has 1 aliphatic heterocycles. The number of aromatic nitrogens is 3. The molecule has 9 heteroatoms. The SMILES string of the molecule is COc1cc2[nH]c3c(N4CCN(c5ccc(Cl)c(Cl)c5)CC4)ncnc3c2cc1OC. The summed E-state index contributed by atoms with van der Waals surface area (Å²) in [5.41, 5.74) is 3.79. The molecule has 0 spiro atoms. The first kappa shape index (κ1) is 20.0. The third kappa shape index (κ3) is 3.47. The van der Waals surface area contributed by atoms with E-state index in [0.29, 0.717) is 21.5 Å². The van der Waals surface area contributed by atoms with E-state index in [-0.39, 0.29) is 0 Å². The van der Waals surface area contributed by atoms with Gasteiger partial charge in [-0.05, 0) is 24.3 Å². The molecule has 4 aromatic rings. The molecule has 3 heterocycles. The Labute approximate surface area is 189 Å². The highest BCUT2D eigenvalue weighted by molar-refractivity contribution is 6.42. The molecular formula is C22H21Cl2N5O2. The normalized spacial score (nSPS) is 14.5. The number of fused-ring (bicyclic) bond motifs is 3. The van der Waals surface area contributed by atoms with E-state index in [4.69, 9.17) is 32.7 Å². The molecule has 2 aromatic heterocycles. The molecule has 7 nitrogen and oxygen atoms in total. The predicted molar refractivity (Wildman–Crippen MR) is 125 cm³/mol. The van der Waals surface area contributed by atoms with Crippen molar-refractivity contribution in [1.82, 2.24) is 15.0 Å². The summed E-state index contributed by atoms with van der Waals surface area (Å²) in [7, 11) is 3.26. The Bertz CT molecular complexity index is 1270. The quantitative estimate of drug-likeness (QED) is 0.476. The molecule has 1 saturated heterocycles. The number of halogens is 2. The smallest absolute Gasteiger partial charge is 0.162 e. The van der Waals surface area contributed by atoms with Crippen LogP contribution in [-0.2, 0) is 0 Å². The topological polar surface area (TPSA) is 66.5 Å². The summed E-state index contributed by atoms with van der Waals surface area (Å²) in [4.78, 5) is 17.2. The van der Waals surface area contributed by atoms with Crippen LogP contribution in [0.25, 0.3) is 21.9 Å². The Kier molecular flexibility index (Phi) is 5.16. The summed E-state index contributed by atoms with van der Waals surface area (Å²) in [5, 5.41) is 2.12. The number of anilines is 2. The van der Waals surface area contributed by atoms with Crippen LogP contribution in [0.1, 0.15) is 0 Å². The highest BCUT2D eigenvalue weighted by Crippen LogP contribution is 2.37. The fourth-order valence-corrected chi connectivity index (χ4v) is 4.40. The largest absolute Gasteiger partial charge is 0.493 e. The number of hydrogen-bond donors (Lipinski definition) is 1. The molecule has 160 valence electrons. The van der Waals surface area contributed by atoms with E-state index in [1.54, 1.807) is 20.5 Å². The van der Waals surface area contributed by atoms with Gasteiger partial charge in [0.2, 0.25) is 0 Å². The maximum Gasteiger partial charge on any atom is 0.162 e. The van der Waals surface area contributed by atoms with Crippen LogP contribution in [0.2, 0.25) is 10.0 Å². The van der Waals surface area contributed by atoms with Crippen molar-refractivity contribution in [3.8, 4) is 11.5 Å². The van der Waals surface area contributed by atoms with Crippen molar-refractivity contribution in [3.05, 3.63) is 46.7 Å². The number of piperazine rings is 1. The van der Waals surface area contributed by atoms with Crippen molar-refractivity contribution in [2.24, 2.45) is 0 Å². The molecule has 0 aliphatic carbocycles. The van der Waals surface area contributed by atoms with Crippen molar-refractivity contribution >= 4 is 56.6 Å². The predicted octanol–water partition coefficient (Wildman–Crippen LogP) is 4.76. The van der Waals surface area contributed by atoms with E-state index in [2.05, 4.69) is 24.8 Å². The third-order valence-corrected chi connectivity index (χ3v) is 6.45. The number of ether oxygens (including phenoxy) is 2. The minimum atomic E-state index is 0.569. The minimum Gasteiger partial charge on any atom is -0.493 e. The van der Waals surface area contributed by atoms with Crippen molar-refractivity contribution in [3.63, 3.8) is 0 Å². The summed E-state index contributed by atoms with van der Waals surface area (Å²) in [6.45, 7) is 3.36. The average Bonchev–Trinajstić information content (AvgIpc) is 3.17. The average molecular weight is 458 g/mol. The fourth-order valence-electron chi connectivity index (χ4n) is 4.11. The second kappa shape index (κ2) is 7.98. The Morgan fingerprint density at radius 3 is 2.29 bits per heavy atom. The standard InChI is InChI=1S/C22H21Cl2N5O2/c1-30-18-10-14-17(11-19(18)31-2)27-21-20(14)25-12-26-22(21)29-7-5-28(6-8-29)13-3-4-15(23)16(24)9-13/h3-4,9-12,27H,5-8H2,1-2H3. The molecule has 0 saturated carbocycles. The zero-order chi connectivity index (χ0) is 21.5. The van der Waals surface area contributed by atoms with Gasteiger partial charge < -0.3 is 24.3 Å². The zero-order valence-corrected chi connectivity index (χ0v) is 18.7. The number of H-pyrrole nitrogens is 1. The lowest BCUT2D eigenvalue weighted by Crippen LogP contribution is -2.47. The molecule has 0 radical (unpaired) electrons. The zero-order valence-electron chi connectivity index (χ0n) is 17.2. The van der Waals surface area contributed by atoms with Crippen LogP contribution < -0.4 is 19.3 Å². The van der Waals surface area contributed by atoms with Gasteiger partial charge in [-0.25, -0.2) is 9.97 Å². The van der Waals surface area contributed by atoms with Crippen molar-refractivity contribution < 1.29 is 9.47 Å². The number of nitrogens with one attached hydrogen (secondary N) is 1. The second-order valence-electron chi connectivity index (χ2n) is 7.37. The Balaban J connectivity index is 1.46. The summed E-state index contributed by atoms with van der Waals surface area (Å²) in [6, 6.07) is 9.65. The summed E-state index contributed by atoms with van der Waals surface area (Å²) < 4.78 is 10.9. The van der Waals surface area contributed by atoms with Crippen LogP contribution in [-0.4, -0.2) is 55.4 Å². The molecule has 1 aliphatic rings. The van der Waals surface area contributed by atoms with Gasteiger partial charge in [0, 0.05) is 43.3 Å². The Morgan fingerprint density at radius 2 is 1.58 bits per heavy atom. The van der Waals surface area contributed by atoms with E-state index in [9.17, 15) is 0 Å². The lowest BCUT2D eigenvalue weighted by atomic mass is 10.2. The van der Waals surface area contributed by atoms with Gasteiger partial charge in [0.25, 0.3) is 0 Å². The monoisotopic (exact) mass is 457 g/mol. The first-order chi connectivity index (χ1) is 15.1. The Morgan fingerprint density at radius 1 is 0.871 bits per heavy atom. The lowest BCUT2D eigenvalue weighted by Gasteiger charge is -2.36. The van der Waals surface area contributed by atoms with Crippen LogP contribution in [0.3, 0.4) is 0 Å². The van der Waals surface area contributed by atoms with Crippen molar-refractivity contribution in [2.75, 3.05) is 50.2 Å². The molecule has 1 N–H and O–H groups in total. The molecular weight excluding hydrogens is 437 g/mol. The summed E-state index contributed by atoms with van der Waals surface area (Å²) in [6.07, 6.45) is 1.62. The van der Waals surface area contributed by atoms with Crippen LogP contribution in [0.5, 0.6) is 11.5 Å². The van der Waals surface area contributed by atoms with Crippen molar-refractivity contribution in [2.45, 2.75) is 0 Å². The van der Waals surface area contributed by atoms with Crippen molar-refractivity contribution in [1.29, 1.82) is 0 Å². The molecule has 0 amide bonds. The molecule has 5 rings (SSSR count). The van der Waals surface area contributed by atoms with Gasteiger partial charge in [0.15, 0.2) is 17.3 Å². The minimum absolute atomic E-state index is 0.569. The number of nitrogens with zero attached hydrogens (tertiary/aromatic N) is 4. The van der Waals surface area contributed by atoms with E-state index < -0.39 is 0 Å². The number of rotatable bonds is 4. The van der Waals surface area contributed by atoms with E-state index in [0.717, 1.165) is 59.6 Å². The van der Waals surface area contributed by atoms with Gasteiger partial charge in [-0.2, -0.15) is 0 Å². The van der Waals surface area contributed by atoms with Gasteiger partial charge in [0.1, 0.15) is 17.4 Å². The maximum atomic E-state index is 6.20. The molecule has 0 atom stereocenters. The van der Waals surface area contributed by atoms with Gasteiger partial charge in [-0.15, -0.1) is 0 Å². The van der Waals surface area contributed by atoms with Gasteiger partial charge in [-0.3, -0.25) is 0 Å². The Hall–Kier alpha value is -2.90. The molecule has 0 bridgehead atoms. The second-order valence-corrected chi connectivity index (χ2v) is 8.19. The van der Waals surface area contributed by atoms with Crippen LogP contribution in [0, 0.1) is 0 Å². The molecule has 31 heavy (non-hydrogen) atoms. The third-order valence-electron chi connectivity index (χ3n) is 5.71. The van der Waals surface area contributed by atoms with Gasteiger partial charge in [-0.1, -0.05) is 23.2 Å².